The molecule has 1 aromatic carbocycles. The molecule has 0 spiro atoms. The molecule has 0 saturated carbocycles. The van der Waals surface area contributed by atoms with Gasteiger partial charge in [-0.2, -0.15) is 13.2 Å². The van der Waals surface area contributed by atoms with Gasteiger partial charge in [0.1, 0.15) is 5.69 Å². The molecular formula is C21H21F3N4O. The van der Waals surface area contributed by atoms with Crippen molar-refractivity contribution in [2.24, 2.45) is 0 Å². The molecule has 0 saturated heterocycles. The molecule has 1 unspecified atom stereocenters. The van der Waals surface area contributed by atoms with Crippen LogP contribution in [0.2, 0.25) is 0 Å². The molecule has 29 heavy (non-hydrogen) atoms. The molecular weight excluding hydrogens is 381 g/mol. The second-order valence-electron chi connectivity index (χ2n) is 7.22. The van der Waals surface area contributed by atoms with Gasteiger partial charge in [0.15, 0.2) is 5.82 Å². The van der Waals surface area contributed by atoms with Crippen LogP contribution >= 0.6 is 0 Å². The monoisotopic (exact) mass is 402 g/mol. The third-order valence-electron chi connectivity index (χ3n) is 5.21. The van der Waals surface area contributed by atoms with Gasteiger partial charge in [-0.1, -0.05) is 36.4 Å². The van der Waals surface area contributed by atoms with Crippen LogP contribution in [0, 0.1) is 0 Å². The topological polar surface area (TPSA) is 62.7 Å². The first-order valence-electron chi connectivity index (χ1n) is 9.56. The minimum absolute atomic E-state index is 0.0483. The lowest BCUT2D eigenvalue weighted by Crippen LogP contribution is -2.37. The summed E-state index contributed by atoms with van der Waals surface area (Å²) in [4.78, 5) is 16.4. The highest BCUT2D eigenvalue weighted by Crippen LogP contribution is 2.28. The Balaban J connectivity index is 1.47. The molecule has 5 nitrogen and oxygen atoms in total. The lowest BCUT2D eigenvalue weighted by molar-refractivity contribution is -0.141. The Labute approximate surface area is 165 Å². The Bertz CT molecular complexity index is 1040. The fourth-order valence-corrected chi connectivity index (χ4v) is 3.71. The number of H-pyrrole nitrogens is 1. The van der Waals surface area contributed by atoms with Crippen LogP contribution in [0.5, 0.6) is 0 Å². The van der Waals surface area contributed by atoms with E-state index in [1.807, 2.05) is 18.2 Å². The van der Waals surface area contributed by atoms with Gasteiger partial charge >= 0.3 is 6.18 Å². The summed E-state index contributed by atoms with van der Waals surface area (Å²) < 4.78 is 39.9. The Kier molecular flexibility index (Phi) is 5.27. The third kappa shape index (κ3) is 4.27. The lowest BCUT2D eigenvalue weighted by atomic mass is 9.93. The van der Waals surface area contributed by atoms with E-state index in [1.165, 1.54) is 17.7 Å². The van der Waals surface area contributed by atoms with Gasteiger partial charge in [0.2, 0.25) is 0 Å². The average Bonchev–Trinajstić information content (AvgIpc) is 3.05. The number of rotatable bonds is 5. The molecule has 3 aromatic rings. The van der Waals surface area contributed by atoms with E-state index in [0.29, 0.717) is 18.4 Å². The predicted octanol–water partition coefficient (Wildman–Crippen LogP) is 3.27. The lowest BCUT2D eigenvalue weighted by Gasteiger charge is -2.22. The maximum atomic E-state index is 12.9. The third-order valence-corrected chi connectivity index (χ3v) is 5.21. The Hall–Kier alpha value is -2.87. The van der Waals surface area contributed by atoms with Gasteiger partial charge in [-0.25, -0.2) is 9.67 Å². The number of pyridine rings is 1. The standard InChI is InChI=1S/C21H21F3N4O/c22-21(23,24)18-7-4-8-19(26-18)28-20(29)16-13-15(9-10-17(16)27-28)25-12-11-14-5-2-1-3-6-14/h1-8,15,25,27H,9-13H2. The molecule has 2 aromatic heterocycles. The average molecular weight is 402 g/mol. The number of hydrogen-bond acceptors (Lipinski definition) is 3. The van der Waals surface area contributed by atoms with E-state index in [1.54, 1.807) is 0 Å². The number of halogens is 3. The molecule has 0 amide bonds. The normalized spacial score (nSPS) is 16.6. The van der Waals surface area contributed by atoms with Gasteiger partial charge in [0.25, 0.3) is 5.56 Å². The Morgan fingerprint density at radius 1 is 1.14 bits per heavy atom. The molecule has 0 fully saturated rings. The molecule has 0 bridgehead atoms. The fraction of sp³-hybridized carbons (Fsp3) is 0.333. The van der Waals surface area contributed by atoms with E-state index >= 15 is 0 Å². The van der Waals surface area contributed by atoms with Crippen LogP contribution in [0.15, 0.2) is 53.3 Å². The minimum Gasteiger partial charge on any atom is -0.313 e. The number of alkyl halides is 3. The zero-order valence-corrected chi connectivity index (χ0v) is 15.7. The van der Waals surface area contributed by atoms with E-state index in [0.717, 1.165) is 35.8 Å². The number of fused-ring (bicyclic) bond motifs is 1. The number of aryl methyl sites for hydroxylation is 1. The van der Waals surface area contributed by atoms with Crippen molar-refractivity contribution >= 4 is 0 Å². The number of benzene rings is 1. The summed E-state index contributed by atoms with van der Waals surface area (Å²) in [6.07, 6.45) is -1.59. The van der Waals surface area contributed by atoms with Crippen molar-refractivity contribution in [3.05, 3.63) is 81.4 Å². The summed E-state index contributed by atoms with van der Waals surface area (Å²) in [7, 11) is 0. The number of aromatic nitrogens is 3. The summed E-state index contributed by atoms with van der Waals surface area (Å²) in [5, 5.41) is 6.44. The van der Waals surface area contributed by atoms with Crippen LogP contribution in [0.3, 0.4) is 0 Å². The first kappa shape index (κ1) is 19.4. The zero-order chi connectivity index (χ0) is 20.4. The highest BCUT2D eigenvalue weighted by Gasteiger charge is 2.33. The maximum Gasteiger partial charge on any atom is 0.433 e. The molecule has 1 aliphatic carbocycles. The molecule has 0 radical (unpaired) electrons. The summed E-state index contributed by atoms with van der Waals surface area (Å²) in [5.74, 6) is -0.0483. The second-order valence-corrected chi connectivity index (χ2v) is 7.22. The van der Waals surface area contributed by atoms with Crippen molar-refractivity contribution in [2.75, 3.05) is 6.54 Å². The molecule has 1 atom stereocenters. The number of nitrogens with zero attached hydrogens (tertiary/aromatic N) is 2. The second kappa shape index (κ2) is 7.87. The summed E-state index contributed by atoms with van der Waals surface area (Å²) >= 11 is 0. The first-order chi connectivity index (χ1) is 13.9. The SMILES string of the molecule is O=c1c2c([nH]n1-c1cccc(C(F)(F)F)n1)CCC(NCCc1ccccc1)C2. The summed E-state index contributed by atoms with van der Waals surface area (Å²) in [6.45, 7) is 0.803. The van der Waals surface area contributed by atoms with Crippen LogP contribution in [-0.4, -0.2) is 27.4 Å². The van der Waals surface area contributed by atoms with Crippen molar-refractivity contribution in [1.29, 1.82) is 0 Å². The number of nitrogens with one attached hydrogen (secondary N) is 2. The summed E-state index contributed by atoms with van der Waals surface area (Å²) in [5.41, 5.74) is 1.29. The van der Waals surface area contributed by atoms with E-state index < -0.39 is 11.9 Å². The van der Waals surface area contributed by atoms with Crippen molar-refractivity contribution in [2.45, 2.75) is 37.9 Å². The van der Waals surface area contributed by atoms with Gasteiger partial charge in [0, 0.05) is 17.3 Å². The smallest absolute Gasteiger partial charge is 0.313 e. The van der Waals surface area contributed by atoms with Crippen molar-refractivity contribution in [3.8, 4) is 5.82 Å². The molecule has 4 rings (SSSR count). The molecule has 8 heteroatoms. The van der Waals surface area contributed by atoms with E-state index in [4.69, 9.17) is 0 Å². The number of aromatic amines is 1. The van der Waals surface area contributed by atoms with Crippen molar-refractivity contribution in [1.82, 2.24) is 20.1 Å². The molecule has 2 N–H and O–H groups in total. The minimum atomic E-state index is -4.56. The van der Waals surface area contributed by atoms with Crippen LogP contribution in [-0.2, 0) is 25.4 Å². The van der Waals surface area contributed by atoms with E-state index in [-0.39, 0.29) is 17.4 Å². The van der Waals surface area contributed by atoms with E-state index in [9.17, 15) is 18.0 Å². The van der Waals surface area contributed by atoms with Gasteiger partial charge < -0.3 is 5.32 Å². The van der Waals surface area contributed by atoms with Crippen LogP contribution in [0.1, 0.15) is 28.9 Å². The molecule has 152 valence electrons. The predicted molar refractivity (Wildman–Crippen MR) is 103 cm³/mol. The van der Waals surface area contributed by atoms with E-state index in [2.05, 4.69) is 27.5 Å². The van der Waals surface area contributed by atoms with Crippen molar-refractivity contribution < 1.29 is 13.2 Å². The largest absolute Gasteiger partial charge is 0.433 e. The highest BCUT2D eigenvalue weighted by molar-refractivity contribution is 5.30. The molecule has 2 heterocycles. The molecule has 1 aliphatic rings. The van der Waals surface area contributed by atoms with Gasteiger partial charge in [-0.3, -0.25) is 9.89 Å². The maximum absolute atomic E-state index is 12.9. The highest BCUT2D eigenvalue weighted by atomic mass is 19.4. The van der Waals surface area contributed by atoms with Crippen LogP contribution in [0.25, 0.3) is 5.82 Å². The van der Waals surface area contributed by atoms with Gasteiger partial charge in [0.05, 0.1) is 0 Å². The Morgan fingerprint density at radius 3 is 2.69 bits per heavy atom. The Morgan fingerprint density at radius 2 is 1.93 bits per heavy atom. The fourth-order valence-electron chi connectivity index (χ4n) is 3.71. The summed E-state index contributed by atoms with van der Waals surface area (Å²) in [6, 6.07) is 13.9. The quantitative estimate of drug-likeness (QED) is 0.689. The first-order valence-corrected chi connectivity index (χ1v) is 9.56. The molecule has 0 aliphatic heterocycles. The van der Waals surface area contributed by atoms with Crippen molar-refractivity contribution in [3.63, 3.8) is 0 Å². The van der Waals surface area contributed by atoms with Gasteiger partial charge in [-0.15, -0.1) is 0 Å². The zero-order valence-electron chi connectivity index (χ0n) is 15.7. The van der Waals surface area contributed by atoms with Gasteiger partial charge in [-0.05, 0) is 49.9 Å². The van der Waals surface area contributed by atoms with Crippen LogP contribution in [0.4, 0.5) is 13.2 Å². The van der Waals surface area contributed by atoms with Crippen LogP contribution < -0.4 is 10.9 Å². The number of hydrogen-bond donors (Lipinski definition) is 2.